The third kappa shape index (κ3) is 7.63. The van der Waals surface area contributed by atoms with Crippen molar-refractivity contribution in [1.82, 2.24) is 10.2 Å². The van der Waals surface area contributed by atoms with Gasteiger partial charge in [0.25, 0.3) is 10.0 Å². The van der Waals surface area contributed by atoms with E-state index in [2.05, 4.69) is 5.32 Å². The molecule has 9 heteroatoms. The van der Waals surface area contributed by atoms with Crippen molar-refractivity contribution >= 4 is 27.5 Å². The van der Waals surface area contributed by atoms with Crippen molar-refractivity contribution in [3.05, 3.63) is 89.5 Å². The number of ether oxygens (including phenoxy) is 1. The largest absolute Gasteiger partial charge is 0.497 e. The molecule has 0 radical (unpaired) electrons. The van der Waals surface area contributed by atoms with Crippen molar-refractivity contribution in [2.24, 2.45) is 0 Å². The monoisotopic (exact) mass is 565 g/mol. The molecule has 3 aromatic carbocycles. The van der Waals surface area contributed by atoms with Gasteiger partial charge in [0.15, 0.2) is 0 Å². The summed E-state index contributed by atoms with van der Waals surface area (Å²) in [6.45, 7) is 8.90. The molecule has 1 N–H and O–H groups in total. The van der Waals surface area contributed by atoms with Gasteiger partial charge in [0, 0.05) is 12.6 Å². The van der Waals surface area contributed by atoms with Crippen LogP contribution in [0.4, 0.5) is 5.69 Å². The molecule has 40 heavy (non-hydrogen) atoms. The molecule has 214 valence electrons. The zero-order valence-corrected chi connectivity index (χ0v) is 24.9. The molecular weight excluding hydrogens is 526 g/mol. The van der Waals surface area contributed by atoms with Gasteiger partial charge in [-0.3, -0.25) is 13.9 Å². The molecule has 0 saturated carbocycles. The highest BCUT2D eigenvalue weighted by Gasteiger charge is 2.32. The molecule has 0 aromatic heterocycles. The fourth-order valence-electron chi connectivity index (χ4n) is 4.09. The fraction of sp³-hybridized carbons (Fsp3) is 0.355. The highest BCUT2D eigenvalue weighted by Crippen LogP contribution is 2.25. The zero-order valence-electron chi connectivity index (χ0n) is 24.0. The van der Waals surface area contributed by atoms with Crippen molar-refractivity contribution in [2.45, 2.75) is 64.6 Å². The van der Waals surface area contributed by atoms with Crippen LogP contribution in [0.3, 0.4) is 0 Å². The van der Waals surface area contributed by atoms with Crippen molar-refractivity contribution in [3.63, 3.8) is 0 Å². The minimum Gasteiger partial charge on any atom is -0.497 e. The topological polar surface area (TPSA) is 96.0 Å². The van der Waals surface area contributed by atoms with Gasteiger partial charge in [0.1, 0.15) is 18.3 Å². The Balaban J connectivity index is 2.03. The Hall–Kier alpha value is -3.85. The summed E-state index contributed by atoms with van der Waals surface area (Å²) in [6, 6.07) is 19.8. The van der Waals surface area contributed by atoms with E-state index in [-0.39, 0.29) is 23.4 Å². The molecule has 0 fully saturated rings. The van der Waals surface area contributed by atoms with Crippen LogP contribution in [0.25, 0.3) is 0 Å². The van der Waals surface area contributed by atoms with Gasteiger partial charge >= 0.3 is 0 Å². The lowest BCUT2D eigenvalue weighted by Crippen LogP contribution is -2.52. The highest BCUT2D eigenvalue weighted by atomic mass is 32.2. The SMILES string of the molecule is CC[C@@H](C)NC(=O)[C@@H](C)N(Cc1cccc(OC)c1)C(=O)CN(c1ccc(C)cc1)S(=O)(=O)c1ccc(C)cc1. The maximum absolute atomic E-state index is 14.0. The van der Waals surface area contributed by atoms with E-state index < -0.39 is 28.5 Å². The Morgan fingerprint density at radius 1 is 0.925 bits per heavy atom. The summed E-state index contributed by atoms with van der Waals surface area (Å²) in [5.41, 5.74) is 2.98. The van der Waals surface area contributed by atoms with Crippen LogP contribution in [0.1, 0.15) is 43.9 Å². The molecule has 0 heterocycles. The summed E-state index contributed by atoms with van der Waals surface area (Å²) in [4.78, 5) is 28.6. The lowest BCUT2D eigenvalue weighted by atomic mass is 10.1. The molecule has 8 nitrogen and oxygen atoms in total. The minimum atomic E-state index is -4.10. The number of amides is 2. The van der Waals surface area contributed by atoms with Gasteiger partial charge < -0.3 is 15.0 Å². The van der Waals surface area contributed by atoms with E-state index >= 15 is 0 Å². The van der Waals surface area contributed by atoms with Gasteiger partial charge in [-0.1, -0.05) is 54.4 Å². The summed E-state index contributed by atoms with van der Waals surface area (Å²) >= 11 is 0. The molecule has 3 aromatic rings. The Morgan fingerprint density at radius 3 is 2.10 bits per heavy atom. The van der Waals surface area contributed by atoms with E-state index in [1.165, 1.54) is 17.0 Å². The Labute approximate surface area is 238 Å². The van der Waals surface area contributed by atoms with Crippen LogP contribution < -0.4 is 14.4 Å². The number of hydrogen-bond donors (Lipinski definition) is 1. The van der Waals surface area contributed by atoms with E-state index in [4.69, 9.17) is 4.74 Å². The van der Waals surface area contributed by atoms with Crippen LogP contribution in [-0.4, -0.2) is 50.9 Å². The number of sulfonamides is 1. The Kier molecular flexibility index (Phi) is 10.3. The number of rotatable bonds is 12. The number of benzene rings is 3. The second-order valence-electron chi connectivity index (χ2n) is 10.0. The van der Waals surface area contributed by atoms with Crippen LogP contribution in [0, 0.1) is 13.8 Å². The van der Waals surface area contributed by atoms with Crippen molar-refractivity contribution in [2.75, 3.05) is 18.0 Å². The molecule has 3 rings (SSSR count). The Morgan fingerprint density at radius 2 is 1.52 bits per heavy atom. The van der Waals surface area contributed by atoms with Crippen LogP contribution in [0.5, 0.6) is 5.75 Å². The first kappa shape index (κ1) is 30.7. The van der Waals surface area contributed by atoms with E-state index in [1.54, 1.807) is 68.6 Å². The summed E-state index contributed by atoms with van der Waals surface area (Å²) in [5, 5.41) is 2.94. The Bertz CT molecular complexity index is 1410. The number of methoxy groups -OCH3 is 1. The smallest absolute Gasteiger partial charge is 0.264 e. The normalized spacial score (nSPS) is 12.8. The second kappa shape index (κ2) is 13.5. The van der Waals surface area contributed by atoms with Gasteiger partial charge in [0.05, 0.1) is 17.7 Å². The predicted molar refractivity (Wildman–Crippen MR) is 158 cm³/mol. The summed E-state index contributed by atoms with van der Waals surface area (Å²) in [6.07, 6.45) is 0.734. The quantitative estimate of drug-likeness (QED) is 0.339. The molecule has 0 bridgehead atoms. The first-order valence-electron chi connectivity index (χ1n) is 13.3. The van der Waals surface area contributed by atoms with E-state index in [9.17, 15) is 18.0 Å². The maximum atomic E-state index is 14.0. The van der Waals surface area contributed by atoms with Crippen molar-refractivity contribution < 1.29 is 22.7 Å². The molecule has 0 saturated heterocycles. The molecule has 0 aliphatic heterocycles. The minimum absolute atomic E-state index is 0.0744. The molecule has 0 unspecified atom stereocenters. The predicted octanol–water partition coefficient (Wildman–Crippen LogP) is 4.84. The molecule has 0 spiro atoms. The molecule has 0 aliphatic carbocycles. The van der Waals surface area contributed by atoms with Gasteiger partial charge in [-0.15, -0.1) is 0 Å². The number of carbonyl (C=O) groups excluding carboxylic acids is 2. The number of carbonyl (C=O) groups is 2. The second-order valence-corrected chi connectivity index (χ2v) is 11.9. The van der Waals surface area contributed by atoms with Crippen molar-refractivity contribution in [1.29, 1.82) is 0 Å². The standard InChI is InChI=1S/C31H39N3O5S/c1-7-24(4)32-31(36)25(5)33(20-26-9-8-10-28(19-26)39-6)30(35)21-34(27-15-11-22(2)12-16-27)40(37,38)29-17-13-23(3)14-18-29/h8-19,24-25H,7,20-21H2,1-6H3,(H,32,36)/t24-,25-/m1/s1. The van der Waals surface area contributed by atoms with Gasteiger partial charge in [-0.25, -0.2) is 8.42 Å². The lowest BCUT2D eigenvalue weighted by molar-refractivity contribution is -0.139. The van der Waals surface area contributed by atoms with Crippen molar-refractivity contribution in [3.8, 4) is 5.75 Å². The average molecular weight is 566 g/mol. The summed E-state index contributed by atoms with van der Waals surface area (Å²) in [7, 11) is -2.54. The zero-order chi connectivity index (χ0) is 29.4. The number of nitrogens with zero attached hydrogens (tertiary/aromatic N) is 2. The number of anilines is 1. The van der Waals surface area contributed by atoms with E-state index in [0.717, 1.165) is 27.4 Å². The number of aryl methyl sites for hydroxylation is 2. The van der Waals surface area contributed by atoms with Crippen LogP contribution >= 0.6 is 0 Å². The summed E-state index contributed by atoms with van der Waals surface area (Å²) in [5.74, 6) is -0.204. The third-order valence-electron chi connectivity index (χ3n) is 6.87. The number of nitrogens with one attached hydrogen (secondary N) is 1. The molecule has 0 aliphatic rings. The van der Waals surface area contributed by atoms with Crippen LogP contribution in [0.15, 0.2) is 77.7 Å². The lowest BCUT2D eigenvalue weighted by Gasteiger charge is -2.32. The van der Waals surface area contributed by atoms with Gasteiger partial charge in [0.2, 0.25) is 11.8 Å². The number of hydrogen-bond acceptors (Lipinski definition) is 5. The van der Waals surface area contributed by atoms with Crippen LogP contribution in [0.2, 0.25) is 0 Å². The van der Waals surface area contributed by atoms with Gasteiger partial charge in [-0.05, 0) is 76.1 Å². The molecule has 2 amide bonds. The average Bonchev–Trinajstić information content (AvgIpc) is 2.94. The fourth-order valence-corrected chi connectivity index (χ4v) is 5.51. The summed E-state index contributed by atoms with van der Waals surface area (Å²) < 4.78 is 34.2. The molecule has 2 atom stereocenters. The molecular formula is C31H39N3O5S. The maximum Gasteiger partial charge on any atom is 0.264 e. The first-order chi connectivity index (χ1) is 19.0. The van der Waals surface area contributed by atoms with Gasteiger partial charge in [-0.2, -0.15) is 0 Å². The van der Waals surface area contributed by atoms with E-state index in [1.807, 2.05) is 33.8 Å². The first-order valence-corrected chi connectivity index (χ1v) is 14.8. The van der Waals surface area contributed by atoms with E-state index in [0.29, 0.717) is 11.4 Å². The highest BCUT2D eigenvalue weighted by molar-refractivity contribution is 7.92. The van der Waals surface area contributed by atoms with Crippen LogP contribution in [-0.2, 0) is 26.2 Å². The third-order valence-corrected chi connectivity index (χ3v) is 8.65.